The van der Waals surface area contributed by atoms with Gasteiger partial charge in [-0.2, -0.15) is 0 Å². The van der Waals surface area contributed by atoms with Gasteiger partial charge in [-0.05, 0) is 6.42 Å². The molecule has 0 bridgehead atoms. The van der Waals surface area contributed by atoms with Gasteiger partial charge in [-0.25, -0.2) is 4.79 Å². The molecule has 0 aliphatic carbocycles. The third kappa shape index (κ3) is 1.81. The molecule has 13 heavy (non-hydrogen) atoms. The molecular weight excluding hydrogens is 212 g/mol. The number of likely N-dealkylation sites (N-methyl/N-ethyl adjacent to an activating group) is 1. The lowest BCUT2D eigenvalue weighted by Gasteiger charge is -2.11. The van der Waals surface area contributed by atoms with E-state index < -0.39 is 5.91 Å². The van der Waals surface area contributed by atoms with Gasteiger partial charge in [0.1, 0.15) is 0 Å². The van der Waals surface area contributed by atoms with Crippen LogP contribution in [0.4, 0.5) is 4.79 Å². The van der Waals surface area contributed by atoms with Crippen molar-refractivity contribution in [3.05, 3.63) is 0 Å². The van der Waals surface area contributed by atoms with Crippen molar-refractivity contribution in [2.45, 2.75) is 6.42 Å². The molecule has 4 nitrogen and oxygen atoms in total. The minimum atomic E-state index is -0.396. The first-order chi connectivity index (χ1) is 6.09. The average Bonchev–Trinajstić information content (AvgIpc) is 2.30. The van der Waals surface area contributed by atoms with Crippen molar-refractivity contribution in [1.82, 2.24) is 9.80 Å². The molecule has 3 amide bonds. The summed E-state index contributed by atoms with van der Waals surface area (Å²) in [6, 6.07) is -0.361. The largest absolute Gasteiger partial charge is 0.332 e. The van der Waals surface area contributed by atoms with E-state index >= 15 is 0 Å². The second kappa shape index (κ2) is 4.02. The molecule has 0 atom stereocenters. The highest BCUT2D eigenvalue weighted by Crippen LogP contribution is 2.11. The smallest absolute Gasteiger partial charge is 0.283 e. The van der Waals surface area contributed by atoms with Crippen molar-refractivity contribution in [2.75, 3.05) is 19.5 Å². The highest BCUT2D eigenvalue weighted by Gasteiger charge is 2.38. The van der Waals surface area contributed by atoms with Gasteiger partial charge in [-0.1, -0.05) is 12.2 Å². The summed E-state index contributed by atoms with van der Waals surface area (Å²) in [6.45, 7) is 0.339. The van der Waals surface area contributed by atoms with Gasteiger partial charge in [0.05, 0.1) is 0 Å². The molecule has 6 heteroatoms. The Labute approximate surface area is 86.4 Å². The molecule has 0 spiro atoms. The molecule has 1 aliphatic rings. The van der Waals surface area contributed by atoms with Gasteiger partial charge in [0.25, 0.3) is 5.91 Å². The Bertz CT molecular complexity index is 269. The molecule has 72 valence electrons. The summed E-state index contributed by atoms with van der Waals surface area (Å²) in [5.74, 6) is 0.0284. The van der Waals surface area contributed by atoms with Crippen molar-refractivity contribution >= 4 is 40.7 Å². The number of thiocarbonyl (C=S) groups is 1. The standard InChI is InChI=1S/C7H9ClN2O2S/c1-9-6(13)5(11)10(7(9)12)4-2-3-8/h2-4H2,1H3. The topological polar surface area (TPSA) is 40.6 Å². The van der Waals surface area contributed by atoms with Crippen molar-refractivity contribution in [3.63, 3.8) is 0 Å². The van der Waals surface area contributed by atoms with E-state index in [4.69, 9.17) is 23.8 Å². The molecule has 1 aliphatic heterocycles. The maximum atomic E-state index is 11.3. The van der Waals surface area contributed by atoms with E-state index in [0.717, 1.165) is 4.90 Å². The highest BCUT2D eigenvalue weighted by molar-refractivity contribution is 7.82. The van der Waals surface area contributed by atoms with Crippen LogP contribution in [0.5, 0.6) is 0 Å². The Balaban J connectivity index is 2.70. The number of urea groups is 1. The first-order valence-corrected chi connectivity index (χ1v) is 4.73. The first kappa shape index (κ1) is 10.4. The molecular formula is C7H9ClN2O2S. The van der Waals surface area contributed by atoms with E-state index in [2.05, 4.69) is 0 Å². The maximum absolute atomic E-state index is 11.3. The summed E-state index contributed by atoms with van der Waals surface area (Å²) in [6.07, 6.45) is 0.593. The molecule has 0 saturated carbocycles. The number of carbonyl (C=O) groups is 2. The predicted molar refractivity (Wildman–Crippen MR) is 52.8 cm³/mol. The monoisotopic (exact) mass is 220 g/mol. The third-order valence-electron chi connectivity index (χ3n) is 1.77. The number of hydrogen-bond donors (Lipinski definition) is 0. The number of nitrogens with zero attached hydrogens (tertiary/aromatic N) is 2. The van der Waals surface area contributed by atoms with Crippen molar-refractivity contribution < 1.29 is 9.59 Å². The van der Waals surface area contributed by atoms with E-state index in [1.54, 1.807) is 0 Å². The van der Waals surface area contributed by atoms with Gasteiger partial charge in [0.2, 0.25) is 0 Å². The average molecular weight is 221 g/mol. The number of hydrogen-bond acceptors (Lipinski definition) is 3. The Kier molecular flexibility index (Phi) is 3.22. The molecule has 0 radical (unpaired) electrons. The zero-order valence-electron chi connectivity index (χ0n) is 7.12. The summed E-state index contributed by atoms with van der Waals surface area (Å²) in [5, 5.41) is 0. The van der Waals surface area contributed by atoms with Crippen LogP contribution in [-0.2, 0) is 4.79 Å². The predicted octanol–water partition coefficient (Wildman–Crippen LogP) is 0.837. The molecule has 1 saturated heterocycles. The Morgan fingerprint density at radius 2 is 2.08 bits per heavy atom. The molecule has 1 heterocycles. The second-order valence-corrected chi connectivity index (χ2v) is 3.41. The highest BCUT2D eigenvalue weighted by atomic mass is 35.5. The lowest BCUT2D eigenvalue weighted by atomic mass is 10.4. The normalized spacial score (nSPS) is 17.5. The summed E-state index contributed by atoms with van der Waals surface area (Å²) in [7, 11) is 1.49. The minimum absolute atomic E-state index is 0.0552. The van der Waals surface area contributed by atoms with Gasteiger partial charge in [0, 0.05) is 19.5 Å². The number of halogens is 1. The van der Waals surface area contributed by atoms with Crippen LogP contribution in [0.1, 0.15) is 6.42 Å². The number of carbonyl (C=O) groups excluding carboxylic acids is 2. The Morgan fingerprint density at radius 3 is 2.46 bits per heavy atom. The van der Waals surface area contributed by atoms with Crippen molar-refractivity contribution in [3.8, 4) is 0 Å². The number of imide groups is 1. The fourth-order valence-corrected chi connectivity index (χ4v) is 1.34. The molecule has 0 N–H and O–H groups in total. The second-order valence-electron chi connectivity index (χ2n) is 2.65. The Hall–Kier alpha value is -0.680. The SMILES string of the molecule is CN1C(=O)N(CCCCl)C(=O)C1=S. The van der Waals surface area contributed by atoms with E-state index in [1.165, 1.54) is 11.9 Å². The third-order valence-corrected chi connectivity index (χ3v) is 2.48. The van der Waals surface area contributed by atoms with E-state index in [1.807, 2.05) is 0 Å². The minimum Gasteiger partial charge on any atom is -0.283 e. The lowest BCUT2D eigenvalue weighted by Crippen LogP contribution is -2.32. The van der Waals surface area contributed by atoms with Crippen LogP contribution in [0.15, 0.2) is 0 Å². The zero-order chi connectivity index (χ0) is 10.0. The van der Waals surface area contributed by atoms with Gasteiger partial charge in [0.15, 0.2) is 4.99 Å². The van der Waals surface area contributed by atoms with E-state index in [-0.39, 0.29) is 11.0 Å². The van der Waals surface area contributed by atoms with Crippen LogP contribution in [0.25, 0.3) is 0 Å². The maximum Gasteiger partial charge on any atom is 0.332 e. The summed E-state index contributed by atoms with van der Waals surface area (Å²) < 4.78 is 0. The lowest BCUT2D eigenvalue weighted by molar-refractivity contribution is -0.120. The zero-order valence-corrected chi connectivity index (χ0v) is 8.69. The number of rotatable bonds is 3. The van der Waals surface area contributed by atoms with Gasteiger partial charge in [-0.15, -0.1) is 11.6 Å². The van der Waals surface area contributed by atoms with Crippen LogP contribution in [0.3, 0.4) is 0 Å². The first-order valence-electron chi connectivity index (χ1n) is 3.79. The summed E-state index contributed by atoms with van der Waals surface area (Å²) in [4.78, 5) is 25.0. The summed E-state index contributed by atoms with van der Waals surface area (Å²) >= 11 is 10.2. The van der Waals surface area contributed by atoms with Crippen LogP contribution in [0.2, 0.25) is 0 Å². The van der Waals surface area contributed by atoms with E-state index in [9.17, 15) is 9.59 Å². The molecule has 0 unspecified atom stereocenters. The van der Waals surface area contributed by atoms with Gasteiger partial charge in [-0.3, -0.25) is 14.6 Å². The van der Waals surface area contributed by atoms with Crippen LogP contribution in [-0.4, -0.2) is 46.2 Å². The molecule has 1 fully saturated rings. The molecule has 0 aromatic rings. The van der Waals surface area contributed by atoms with Gasteiger partial charge >= 0.3 is 6.03 Å². The fourth-order valence-electron chi connectivity index (χ4n) is 1.03. The van der Waals surface area contributed by atoms with Crippen LogP contribution in [0, 0.1) is 0 Å². The van der Waals surface area contributed by atoms with Crippen molar-refractivity contribution in [1.29, 1.82) is 0 Å². The molecule has 1 rings (SSSR count). The fraction of sp³-hybridized carbons (Fsp3) is 0.571. The molecule has 0 aromatic heterocycles. The Morgan fingerprint density at radius 1 is 1.46 bits per heavy atom. The van der Waals surface area contributed by atoms with Crippen molar-refractivity contribution in [2.24, 2.45) is 0 Å². The molecule has 0 aromatic carbocycles. The quantitative estimate of drug-likeness (QED) is 0.402. The van der Waals surface area contributed by atoms with Gasteiger partial charge < -0.3 is 0 Å². The van der Waals surface area contributed by atoms with Crippen LogP contribution >= 0.6 is 23.8 Å². The number of amides is 3. The number of alkyl halides is 1. The van der Waals surface area contributed by atoms with E-state index in [0.29, 0.717) is 18.8 Å². The van der Waals surface area contributed by atoms with Crippen LogP contribution < -0.4 is 0 Å². The summed E-state index contributed by atoms with van der Waals surface area (Å²) in [5.41, 5.74) is 0.